The number of hydrogen-bond donors (Lipinski definition) is 2. The van der Waals surface area contributed by atoms with Gasteiger partial charge in [-0.3, -0.25) is 9.78 Å². The summed E-state index contributed by atoms with van der Waals surface area (Å²) in [7, 11) is -3.87. The van der Waals surface area contributed by atoms with Crippen LogP contribution in [0.4, 0.5) is 0 Å². The predicted octanol–water partition coefficient (Wildman–Crippen LogP) is 3.67. The first kappa shape index (κ1) is 20.8. The Hall–Kier alpha value is -1.96. The first-order valence-corrected chi connectivity index (χ1v) is 11.3. The first-order chi connectivity index (χ1) is 13.5. The molecule has 1 saturated carbocycles. The lowest BCUT2D eigenvalue weighted by Gasteiger charge is -2.17. The van der Waals surface area contributed by atoms with Crippen molar-refractivity contribution in [2.45, 2.75) is 56.0 Å². The SMILES string of the molecule is O=C(NC1CCCCCC1)c1ccc(Cl)c(S(=O)(=O)NCc2cccnc2)c1. The topological polar surface area (TPSA) is 88.2 Å². The van der Waals surface area contributed by atoms with Gasteiger partial charge < -0.3 is 5.32 Å². The van der Waals surface area contributed by atoms with Crippen molar-refractivity contribution in [1.29, 1.82) is 0 Å². The lowest BCUT2D eigenvalue weighted by molar-refractivity contribution is 0.0933. The summed E-state index contributed by atoms with van der Waals surface area (Å²) in [6, 6.07) is 7.97. The Morgan fingerprint density at radius 3 is 2.57 bits per heavy atom. The summed E-state index contributed by atoms with van der Waals surface area (Å²) in [5, 5.41) is 3.10. The molecule has 0 spiro atoms. The molecule has 0 bridgehead atoms. The molecule has 2 N–H and O–H groups in total. The fraction of sp³-hybridized carbons (Fsp3) is 0.400. The van der Waals surface area contributed by atoms with Gasteiger partial charge in [-0.1, -0.05) is 43.4 Å². The number of hydrogen-bond acceptors (Lipinski definition) is 4. The van der Waals surface area contributed by atoms with E-state index in [1.807, 2.05) is 0 Å². The van der Waals surface area contributed by atoms with Gasteiger partial charge in [-0.25, -0.2) is 13.1 Å². The number of nitrogens with one attached hydrogen (secondary N) is 2. The zero-order chi connectivity index (χ0) is 20.0. The van der Waals surface area contributed by atoms with Crippen molar-refractivity contribution in [2.24, 2.45) is 0 Å². The molecule has 1 aliphatic rings. The summed E-state index contributed by atoms with van der Waals surface area (Å²) in [6.45, 7) is 0.0883. The summed E-state index contributed by atoms with van der Waals surface area (Å²) in [4.78, 5) is 16.5. The summed E-state index contributed by atoms with van der Waals surface area (Å²) < 4.78 is 27.9. The third kappa shape index (κ3) is 5.53. The minimum absolute atomic E-state index is 0.0738. The number of aromatic nitrogens is 1. The quantitative estimate of drug-likeness (QED) is 0.696. The van der Waals surface area contributed by atoms with Gasteiger partial charge in [0.25, 0.3) is 5.91 Å². The normalized spacial score (nSPS) is 15.8. The Bertz CT molecular complexity index is 912. The van der Waals surface area contributed by atoms with Crippen molar-refractivity contribution < 1.29 is 13.2 Å². The molecule has 150 valence electrons. The minimum Gasteiger partial charge on any atom is -0.349 e. The maximum Gasteiger partial charge on any atom is 0.251 e. The van der Waals surface area contributed by atoms with Crippen LogP contribution in [0.2, 0.25) is 5.02 Å². The van der Waals surface area contributed by atoms with E-state index >= 15 is 0 Å². The van der Waals surface area contributed by atoms with Crippen LogP contribution in [0.3, 0.4) is 0 Å². The second kappa shape index (κ2) is 9.49. The molecule has 1 fully saturated rings. The summed E-state index contributed by atoms with van der Waals surface area (Å²) in [6.07, 6.45) is 9.70. The molecular formula is C20H24ClN3O3S. The average Bonchev–Trinajstić information content (AvgIpc) is 2.96. The Labute approximate surface area is 170 Å². The summed E-state index contributed by atoms with van der Waals surface area (Å²) in [5.41, 5.74) is 1.01. The van der Waals surface area contributed by atoms with E-state index in [0.717, 1.165) is 31.2 Å². The van der Waals surface area contributed by atoms with Gasteiger partial charge in [0.1, 0.15) is 4.90 Å². The molecule has 6 nitrogen and oxygen atoms in total. The molecule has 1 aliphatic carbocycles. The van der Waals surface area contributed by atoms with Crippen LogP contribution in [0.25, 0.3) is 0 Å². The van der Waals surface area contributed by atoms with E-state index in [4.69, 9.17) is 11.6 Å². The van der Waals surface area contributed by atoms with Gasteiger partial charge in [0.15, 0.2) is 0 Å². The number of pyridine rings is 1. The lowest BCUT2D eigenvalue weighted by Crippen LogP contribution is -2.34. The standard InChI is InChI=1S/C20H24ClN3O3S/c21-18-10-9-16(20(25)24-17-7-3-1-2-4-8-17)12-19(18)28(26,27)23-14-15-6-5-11-22-13-15/h5-6,9-13,17,23H,1-4,7-8,14H2,(H,24,25). The van der Waals surface area contributed by atoms with Crippen molar-refractivity contribution in [3.8, 4) is 0 Å². The van der Waals surface area contributed by atoms with E-state index < -0.39 is 10.0 Å². The van der Waals surface area contributed by atoms with Crippen LogP contribution in [0, 0.1) is 0 Å². The molecule has 1 heterocycles. The highest BCUT2D eigenvalue weighted by Crippen LogP contribution is 2.24. The molecule has 0 atom stereocenters. The maximum atomic E-state index is 12.7. The number of nitrogens with zero attached hydrogens (tertiary/aromatic N) is 1. The minimum atomic E-state index is -3.87. The number of carbonyl (C=O) groups excluding carboxylic acids is 1. The fourth-order valence-electron chi connectivity index (χ4n) is 3.30. The van der Waals surface area contributed by atoms with Crippen LogP contribution in [0.5, 0.6) is 0 Å². The van der Waals surface area contributed by atoms with E-state index in [-0.39, 0.29) is 34.0 Å². The van der Waals surface area contributed by atoms with Gasteiger partial charge in [-0.15, -0.1) is 0 Å². The molecule has 8 heteroatoms. The molecule has 3 rings (SSSR count). The fourth-order valence-corrected chi connectivity index (χ4v) is 4.84. The molecule has 0 aliphatic heterocycles. The van der Waals surface area contributed by atoms with Crippen LogP contribution in [0.15, 0.2) is 47.6 Å². The molecule has 2 aromatic rings. The van der Waals surface area contributed by atoms with Crippen molar-refractivity contribution in [2.75, 3.05) is 0 Å². The van der Waals surface area contributed by atoms with Crippen LogP contribution in [-0.2, 0) is 16.6 Å². The monoisotopic (exact) mass is 421 g/mol. The van der Waals surface area contributed by atoms with Gasteiger partial charge in [0, 0.05) is 30.5 Å². The number of halogens is 1. The molecule has 1 aromatic carbocycles. The Kier molecular flexibility index (Phi) is 7.04. The molecule has 1 aromatic heterocycles. The van der Waals surface area contributed by atoms with Crippen molar-refractivity contribution in [1.82, 2.24) is 15.0 Å². The Balaban J connectivity index is 1.73. The molecule has 0 saturated heterocycles. The number of sulfonamides is 1. The van der Waals surface area contributed by atoms with E-state index in [2.05, 4.69) is 15.0 Å². The molecule has 0 radical (unpaired) electrons. The zero-order valence-electron chi connectivity index (χ0n) is 15.5. The number of rotatable bonds is 6. The lowest BCUT2D eigenvalue weighted by atomic mass is 10.1. The van der Waals surface area contributed by atoms with Gasteiger partial charge in [-0.2, -0.15) is 0 Å². The highest BCUT2D eigenvalue weighted by Gasteiger charge is 2.21. The third-order valence-corrected chi connectivity index (χ3v) is 6.75. The first-order valence-electron chi connectivity index (χ1n) is 9.45. The van der Waals surface area contributed by atoms with Gasteiger partial charge >= 0.3 is 0 Å². The van der Waals surface area contributed by atoms with E-state index in [0.29, 0.717) is 0 Å². The van der Waals surface area contributed by atoms with Gasteiger partial charge in [0.05, 0.1) is 5.02 Å². The maximum absolute atomic E-state index is 12.7. The van der Waals surface area contributed by atoms with Crippen molar-refractivity contribution in [3.05, 3.63) is 58.9 Å². The average molecular weight is 422 g/mol. The second-order valence-corrected chi connectivity index (χ2v) is 9.14. The zero-order valence-corrected chi connectivity index (χ0v) is 17.1. The Morgan fingerprint density at radius 1 is 1.14 bits per heavy atom. The summed E-state index contributed by atoms with van der Waals surface area (Å²) in [5.74, 6) is -0.271. The largest absolute Gasteiger partial charge is 0.349 e. The molecule has 0 unspecified atom stereocenters. The van der Waals surface area contributed by atoms with Crippen LogP contribution >= 0.6 is 11.6 Å². The highest BCUT2D eigenvalue weighted by atomic mass is 35.5. The molecule has 28 heavy (non-hydrogen) atoms. The highest BCUT2D eigenvalue weighted by molar-refractivity contribution is 7.89. The summed E-state index contributed by atoms with van der Waals surface area (Å²) >= 11 is 6.12. The van der Waals surface area contributed by atoms with Gasteiger partial charge in [0.2, 0.25) is 10.0 Å². The predicted molar refractivity (Wildman–Crippen MR) is 109 cm³/mol. The number of amides is 1. The number of carbonyl (C=O) groups is 1. The third-order valence-electron chi connectivity index (χ3n) is 4.86. The van der Waals surface area contributed by atoms with Gasteiger partial charge in [-0.05, 0) is 42.7 Å². The van der Waals surface area contributed by atoms with E-state index in [9.17, 15) is 13.2 Å². The van der Waals surface area contributed by atoms with Crippen LogP contribution in [0.1, 0.15) is 54.4 Å². The van der Waals surface area contributed by atoms with Crippen LogP contribution < -0.4 is 10.0 Å². The van der Waals surface area contributed by atoms with Crippen molar-refractivity contribution in [3.63, 3.8) is 0 Å². The van der Waals surface area contributed by atoms with E-state index in [1.165, 1.54) is 25.0 Å². The van der Waals surface area contributed by atoms with Crippen LogP contribution in [-0.4, -0.2) is 25.4 Å². The molecular weight excluding hydrogens is 398 g/mol. The smallest absolute Gasteiger partial charge is 0.251 e. The van der Waals surface area contributed by atoms with E-state index in [1.54, 1.807) is 30.6 Å². The molecule has 1 amide bonds. The van der Waals surface area contributed by atoms with Crippen molar-refractivity contribution >= 4 is 27.5 Å². The second-order valence-electron chi connectivity index (χ2n) is 6.99. The number of benzene rings is 1. The Morgan fingerprint density at radius 2 is 1.89 bits per heavy atom.